The first-order valence-corrected chi connectivity index (χ1v) is 20.6. The minimum atomic E-state index is -0.235. The van der Waals surface area contributed by atoms with Crippen molar-refractivity contribution in [2.45, 2.75) is 91.2 Å². The predicted molar refractivity (Wildman–Crippen MR) is 218 cm³/mol. The predicted octanol–water partition coefficient (Wildman–Crippen LogP) is 7.50. The lowest BCUT2D eigenvalue weighted by Crippen LogP contribution is -2.64. The van der Waals surface area contributed by atoms with Crippen molar-refractivity contribution >= 4 is 50.0 Å². The number of amides is 1. The van der Waals surface area contributed by atoms with E-state index in [0.717, 1.165) is 107 Å². The highest BCUT2D eigenvalue weighted by atomic mass is 32.1. The van der Waals surface area contributed by atoms with Crippen LogP contribution in [0.4, 0.5) is 22.6 Å². The van der Waals surface area contributed by atoms with E-state index < -0.39 is 0 Å². The van der Waals surface area contributed by atoms with Gasteiger partial charge in [0.2, 0.25) is 0 Å². The molecule has 10 rings (SSSR count). The quantitative estimate of drug-likeness (QED) is 0.116. The number of para-hydroxylation sites is 1. The van der Waals surface area contributed by atoms with Crippen LogP contribution in [0.2, 0.25) is 0 Å². The summed E-state index contributed by atoms with van der Waals surface area (Å²) in [5, 5.41) is 24.7. The Hall–Kier alpha value is -4.46. The van der Waals surface area contributed by atoms with Crippen molar-refractivity contribution in [1.29, 1.82) is 0 Å². The molecule has 12 nitrogen and oxygen atoms in total. The van der Waals surface area contributed by atoms with Crippen LogP contribution in [0.25, 0.3) is 21.3 Å². The van der Waals surface area contributed by atoms with E-state index >= 15 is 0 Å². The Morgan fingerprint density at radius 2 is 1.75 bits per heavy atom. The summed E-state index contributed by atoms with van der Waals surface area (Å²) in [6.45, 7) is 12.4. The number of hydrogen-bond donors (Lipinski definition) is 3. The van der Waals surface area contributed by atoms with Crippen molar-refractivity contribution in [2.24, 2.45) is 16.2 Å². The van der Waals surface area contributed by atoms with Crippen LogP contribution in [0.5, 0.6) is 0 Å². The SMILES string of the molecule is CNCCOC12CC3(Cn4ncc(-c5ccc(N6CCCc7c6nnc(Nc6nc8ccccc8s6)c7C)nc5C(=O)NC)c4C)C[C@@](C)(C1)C[C@](C)(C3)C2. The van der Waals surface area contributed by atoms with E-state index in [1.165, 1.54) is 19.3 Å². The zero-order valence-corrected chi connectivity index (χ0v) is 33.7. The first-order valence-electron chi connectivity index (χ1n) is 19.7. The summed E-state index contributed by atoms with van der Waals surface area (Å²) < 4.78 is 10.1. The van der Waals surface area contributed by atoms with Crippen LogP contribution in [-0.2, 0) is 17.7 Å². The van der Waals surface area contributed by atoms with E-state index in [0.29, 0.717) is 17.3 Å². The highest BCUT2D eigenvalue weighted by Crippen LogP contribution is 2.72. The van der Waals surface area contributed by atoms with Crippen molar-refractivity contribution in [1.82, 2.24) is 40.6 Å². The number of pyridine rings is 1. The van der Waals surface area contributed by atoms with E-state index in [2.05, 4.69) is 64.4 Å². The third-order valence-corrected chi connectivity index (χ3v) is 13.7. The van der Waals surface area contributed by atoms with Crippen LogP contribution in [-0.4, -0.2) is 75.2 Å². The van der Waals surface area contributed by atoms with E-state index in [1.54, 1.807) is 18.4 Å². The minimum absolute atomic E-state index is 0.0738. The normalized spacial score (nSPS) is 26.8. The minimum Gasteiger partial charge on any atom is -0.374 e. The van der Waals surface area contributed by atoms with Gasteiger partial charge in [0.05, 0.1) is 28.6 Å². The Balaban J connectivity index is 1.00. The number of thiazole rings is 1. The second kappa shape index (κ2) is 13.3. The average Bonchev–Trinajstić information content (AvgIpc) is 3.72. The number of fused-ring (bicyclic) bond motifs is 2. The molecular weight excluding hydrogens is 709 g/mol. The summed E-state index contributed by atoms with van der Waals surface area (Å²) >= 11 is 1.60. The number of benzene rings is 1. The summed E-state index contributed by atoms with van der Waals surface area (Å²) in [4.78, 5) is 25.4. The highest BCUT2D eigenvalue weighted by molar-refractivity contribution is 7.22. The van der Waals surface area contributed by atoms with Crippen LogP contribution in [0, 0.1) is 30.1 Å². The maximum Gasteiger partial charge on any atom is 0.270 e. The first-order chi connectivity index (χ1) is 26.4. The maximum absolute atomic E-state index is 13.6. The number of likely N-dealkylation sites (N-methyl/N-ethyl adjacent to an activating group) is 1. The molecule has 4 atom stereocenters. The number of aromatic nitrogens is 6. The summed E-state index contributed by atoms with van der Waals surface area (Å²) in [5.41, 5.74) is 6.82. The summed E-state index contributed by atoms with van der Waals surface area (Å²) in [6, 6.07) is 12.1. The van der Waals surface area contributed by atoms with Crippen molar-refractivity contribution in [3.05, 3.63) is 65.1 Å². The number of nitrogens with one attached hydrogen (secondary N) is 3. The molecule has 5 aromatic rings. The van der Waals surface area contributed by atoms with Gasteiger partial charge >= 0.3 is 0 Å². The Labute approximate surface area is 326 Å². The van der Waals surface area contributed by atoms with Gasteiger partial charge in [-0.15, -0.1) is 10.2 Å². The molecule has 13 heteroatoms. The van der Waals surface area contributed by atoms with Gasteiger partial charge < -0.3 is 25.6 Å². The van der Waals surface area contributed by atoms with Crippen molar-refractivity contribution in [2.75, 3.05) is 44.0 Å². The fraction of sp³-hybridized carbons (Fsp3) is 0.524. The molecule has 2 unspecified atom stereocenters. The Morgan fingerprint density at radius 3 is 2.51 bits per heavy atom. The molecule has 4 aromatic heterocycles. The summed E-state index contributed by atoms with van der Waals surface area (Å²) in [7, 11) is 3.65. The van der Waals surface area contributed by atoms with Gasteiger partial charge in [-0.2, -0.15) is 5.10 Å². The Kier molecular flexibility index (Phi) is 8.78. The molecule has 4 saturated carbocycles. The van der Waals surface area contributed by atoms with E-state index in [9.17, 15) is 4.79 Å². The molecular formula is C42H52N10O2S. The highest BCUT2D eigenvalue weighted by Gasteiger charge is 2.66. The van der Waals surface area contributed by atoms with Crippen LogP contribution in [0.3, 0.4) is 0 Å². The van der Waals surface area contributed by atoms with Gasteiger partial charge in [0.15, 0.2) is 16.8 Å². The lowest BCUT2D eigenvalue weighted by atomic mass is 9.39. The van der Waals surface area contributed by atoms with Crippen LogP contribution >= 0.6 is 11.3 Å². The second-order valence-corrected chi connectivity index (χ2v) is 18.6. The van der Waals surface area contributed by atoms with Gasteiger partial charge in [-0.3, -0.25) is 9.48 Å². The number of carbonyl (C=O) groups excluding carboxylic acids is 1. The molecule has 1 aromatic carbocycles. The molecule has 5 aliphatic rings. The number of hydrogen-bond acceptors (Lipinski definition) is 11. The standard InChI is InChI=1S/C42H52N10O2S/c1-26-28-10-9-16-51(36(28)50-49-35(26)48-38-46-31-11-7-8-12-32(31)55-38)33-14-13-29(34(47-33)37(53)44-6)30-18-45-52(27(30)2)25-41-20-39(3)19-40(4,21-41)23-42(22-39,24-41)54-17-15-43-5/h7-8,11-14,18,43H,9-10,15-17,19-25H2,1-6H3,(H,44,53)(H,46,48,49)/t39-,40+,41?,42?. The summed E-state index contributed by atoms with van der Waals surface area (Å²) in [5.74, 6) is 1.92. The van der Waals surface area contributed by atoms with Gasteiger partial charge in [-0.25, -0.2) is 9.97 Å². The van der Waals surface area contributed by atoms with Crippen LogP contribution in [0.15, 0.2) is 42.6 Å². The third-order valence-electron chi connectivity index (χ3n) is 12.8. The van der Waals surface area contributed by atoms with Gasteiger partial charge in [0.25, 0.3) is 5.91 Å². The molecule has 0 radical (unpaired) electrons. The Morgan fingerprint density at radius 1 is 0.945 bits per heavy atom. The van der Waals surface area contributed by atoms with E-state index in [-0.39, 0.29) is 27.8 Å². The van der Waals surface area contributed by atoms with Gasteiger partial charge in [-0.1, -0.05) is 37.3 Å². The molecule has 1 amide bonds. The number of rotatable bonds is 11. The van der Waals surface area contributed by atoms with Gasteiger partial charge in [0.1, 0.15) is 11.5 Å². The molecule has 4 fully saturated rings. The summed E-state index contributed by atoms with van der Waals surface area (Å²) in [6.07, 6.45) is 10.7. The van der Waals surface area contributed by atoms with Crippen molar-refractivity contribution in [3.8, 4) is 11.1 Å². The zero-order valence-electron chi connectivity index (χ0n) is 32.9. The maximum atomic E-state index is 13.6. The third kappa shape index (κ3) is 6.37. The largest absolute Gasteiger partial charge is 0.374 e. The number of ether oxygens (including phenoxy) is 1. The fourth-order valence-corrected chi connectivity index (χ4v) is 12.6. The van der Waals surface area contributed by atoms with Crippen LogP contribution < -0.4 is 20.9 Å². The van der Waals surface area contributed by atoms with E-state index in [4.69, 9.17) is 24.9 Å². The second-order valence-electron chi connectivity index (χ2n) is 17.6. The molecule has 0 spiro atoms. The molecule has 4 aliphatic carbocycles. The van der Waals surface area contributed by atoms with E-state index in [1.807, 2.05) is 43.6 Å². The lowest BCUT2D eigenvalue weighted by molar-refractivity contribution is -0.247. The lowest BCUT2D eigenvalue weighted by Gasteiger charge is -2.69. The smallest absolute Gasteiger partial charge is 0.270 e. The molecule has 4 bridgehead atoms. The molecule has 3 N–H and O–H groups in total. The van der Waals surface area contributed by atoms with Gasteiger partial charge in [0, 0.05) is 54.6 Å². The topological polar surface area (TPSA) is 135 Å². The Bertz CT molecular complexity index is 2250. The fourth-order valence-electron chi connectivity index (χ4n) is 11.8. The van der Waals surface area contributed by atoms with Crippen LogP contribution in [0.1, 0.15) is 86.1 Å². The zero-order chi connectivity index (χ0) is 38.2. The molecule has 5 heterocycles. The molecule has 1 aliphatic heterocycles. The number of anilines is 4. The van der Waals surface area contributed by atoms with Crippen molar-refractivity contribution in [3.63, 3.8) is 0 Å². The van der Waals surface area contributed by atoms with Crippen molar-refractivity contribution < 1.29 is 9.53 Å². The molecule has 55 heavy (non-hydrogen) atoms. The molecule has 288 valence electrons. The number of nitrogens with zero attached hydrogens (tertiary/aromatic N) is 7. The first kappa shape index (κ1) is 36.2. The van der Waals surface area contributed by atoms with Gasteiger partial charge in [-0.05, 0) is 113 Å². The molecule has 0 saturated heterocycles. The number of carbonyl (C=O) groups is 1. The monoisotopic (exact) mass is 760 g/mol. The average molecular weight is 761 g/mol.